The number of anilines is 1. The number of carbonyl (C=O) groups excluding carboxylic acids is 2. The lowest BCUT2D eigenvalue weighted by molar-refractivity contribution is -0.134. The number of amides is 2. The Balaban J connectivity index is 1.23. The second kappa shape index (κ2) is 7.87. The maximum absolute atomic E-state index is 14.0. The van der Waals surface area contributed by atoms with Gasteiger partial charge in [0.2, 0.25) is 11.8 Å². The van der Waals surface area contributed by atoms with Crippen molar-refractivity contribution >= 4 is 39.2 Å². The number of nitrogens with zero attached hydrogens (tertiary/aromatic N) is 3. The molecule has 3 saturated heterocycles. The zero-order valence-corrected chi connectivity index (χ0v) is 20.5. The molecule has 7 rings (SSSR count). The number of ether oxygens (including phenoxy) is 2. The quantitative estimate of drug-likeness (QED) is 0.404. The summed E-state index contributed by atoms with van der Waals surface area (Å²) in [7, 11) is 0. The molecule has 3 fully saturated rings. The van der Waals surface area contributed by atoms with E-state index in [4.69, 9.17) is 14.0 Å². The monoisotopic (exact) mass is 509 g/mol. The SMILES string of the molecule is C[C@]12O[C@](CCOc3noc4ccccc34)(C[C@@H]1O)[C@H]1C(=O)N(c3ccc(C#N)c4ccccc34)C(=O)[C@H]12. The molecule has 3 aliphatic heterocycles. The molecule has 5 atom stereocenters. The summed E-state index contributed by atoms with van der Waals surface area (Å²) in [5, 5.41) is 26.6. The lowest BCUT2D eigenvalue weighted by Gasteiger charge is -2.33. The van der Waals surface area contributed by atoms with Gasteiger partial charge in [0.25, 0.3) is 5.88 Å². The van der Waals surface area contributed by atoms with Crippen LogP contribution in [-0.4, -0.2) is 46.0 Å². The van der Waals surface area contributed by atoms with E-state index < -0.39 is 35.0 Å². The summed E-state index contributed by atoms with van der Waals surface area (Å²) < 4.78 is 17.6. The van der Waals surface area contributed by atoms with Crippen LogP contribution < -0.4 is 9.64 Å². The van der Waals surface area contributed by atoms with Gasteiger partial charge in [-0.3, -0.25) is 9.59 Å². The molecule has 2 amide bonds. The fourth-order valence-electron chi connectivity index (χ4n) is 6.72. The first-order chi connectivity index (χ1) is 18.4. The van der Waals surface area contributed by atoms with Crippen molar-refractivity contribution in [3.05, 3.63) is 66.2 Å². The van der Waals surface area contributed by atoms with E-state index in [1.807, 2.05) is 30.3 Å². The summed E-state index contributed by atoms with van der Waals surface area (Å²) in [5.41, 5.74) is -0.772. The molecular formula is C29H23N3O6. The van der Waals surface area contributed by atoms with Crippen LogP contribution in [0.1, 0.15) is 25.3 Å². The summed E-state index contributed by atoms with van der Waals surface area (Å²) in [5.74, 6) is -2.03. The first-order valence-corrected chi connectivity index (χ1v) is 12.5. The Labute approximate surface area is 217 Å². The zero-order chi connectivity index (χ0) is 26.2. The topological polar surface area (TPSA) is 126 Å². The molecule has 1 aromatic heterocycles. The molecule has 9 heteroatoms. The van der Waals surface area contributed by atoms with Gasteiger partial charge in [0, 0.05) is 23.6 Å². The van der Waals surface area contributed by atoms with Crippen molar-refractivity contribution in [3.8, 4) is 11.9 Å². The average molecular weight is 510 g/mol. The van der Waals surface area contributed by atoms with Crippen LogP contribution in [0.3, 0.4) is 0 Å². The third kappa shape index (κ3) is 2.90. The van der Waals surface area contributed by atoms with Gasteiger partial charge < -0.3 is 19.1 Å². The lowest BCUT2D eigenvalue weighted by atomic mass is 9.66. The highest BCUT2D eigenvalue weighted by molar-refractivity contribution is 6.26. The highest BCUT2D eigenvalue weighted by Crippen LogP contribution is 2.62. The number of nitriles is 1. The van der Waals surface area contributed by atoms with E-state index in [1.165, 1.54) is 4.90 Å². The summed E-state index contributed by atoms with van der Waals surface area (Å²) in [6.07, 6.45) is -0.414. The maximum Gasteiger partial charge on any atom is 0.262 e. The molecule has 4 aromatic rings. The molecule has 190 valence electrons. The van der Waals surface area contributed by atoms with Gasteiger partial charge in [-0.15, -0.1) is 0 Å². The van der Waals surface area contributed by atoms with Crippen molar-refractivity contribution in [2.75, 3.05) is 11.5 Å². The van der Waals surface area contributed by atoms with Crippen molar-refractivity contribution in [2.24, 2.45) is 11.8 Å². The normalized spacial score (nSPS) is 29.8. The minimum Gasteiger partial charge on any atom is -0.475 e. The van der Waals surface area contributed by atoms with E-state index in [9.17, 15) is 20.0 Å². The Morgan fingerprint density at radius 3 is 2.55 bits per heavy atom. The van der Waals surface area contributed by atoms with E-state index in [0.717, 1.165) is 5.39 Å². The summed E-state index contributed by atoms with van der Waals surface area (Å²) in [6.45, 7) is 1.87. The van der Waals surface area contributed by atoms with Crippen LogP contribution in [0.15, 0.2) is 65.2 Å². The van der Waals surface area contributed by atoms with Gasteiger partial charge in [-0.2, -0.15) is 5.26 Å². The van der Waals surface area contributed by atoms with Crippen LogP contribution in [0.25, 0.3) is 21.7 Å². The molecule has 0 spiro atoms. The number of para-hydroxylation sites is 1. The minimum atomic E-state index is -1.20. The van der Waals surface area contributed by atoms with Crippen molar-refractivity contribution in [1.82, 2.24) is 5.16 Å². The fourth-order valence-corrected chi connectivity index (χ4v) is 6.72. The number of aromatic nitrogens is 1. The van der Waals surface area contributed by atoms with Crippen molar-refractivity contribution in [3.63, 3.8) is 0 Å². The van der Waals surface area contributed by atoms with E-state index >= 15 is 0 Å². The van der Waals surface area contributed by atoms with Gasteiger partial charge in [0.05, 0.1) is 52.9 Å². The van der Waals surface area contributed by atoms with Crippen LogP contribution in [0, 0.1) is 23.2 Å². The summed E-state index contributed by atoms with van der Waals surface area (Å²) in [4.78, 5) is 29.1. The second-order valence-corrected chi connectivity index (χ2v) is 10.4. The van der Waals surface area contributed by atoms with Gasteiger partial charge in [0.15, 0.2) is 5.58 Å². The summed E-state index contributed by atoms with van der Waals surface area (Å²) >= 11 is 0. The minimum absolute atomic E-state index is 0.157. The van der Waals surface area contributed by atoms with Crippen LogP contribution >= 0.6 is 0 Å². The number of imide groups is 1. The largest absolute Gasteiger partial charge is 0.475 e. The Hall–Kier alpha value is -4.26. The number of fused-ring (bicyclic) bond motifs is 7. The Morgan fingerprint density at radius 2 is 1.76 bits per heavy atom. The maximum atomic E-state index is 14.0. The van der Waals surface area contributed by atoms with E-state index in [1.54, 1.807) is 37.3 Å². The van der Waals surface area contributed by atoms with Crippen LogP contribution in [-0.2, 0) is 14.3 Å². The standard InChI is InChI=1S/C29H23N3O6/c1-28-22(33)14-29(38-28,12-13-36-25-19-8-4-5-9-21(19)37-31-25)24-23(28)26(34)32(27(24)35)20-11-10-16(15-30)17-6-2-3-7-18(17)20/h2-11,22-24,33H,12-14H2,1H3/t22-,23-,24+,28-,29+/m0/s1. The van der Waals surface area contributed by atoms with Crippen molar-refractivity contribution in [2.45, 2.75) is 37.1 Å². The molecule has 2 bridgehead atoms. The molecule has 4 heterocycles. The number of aliphatic hydroxyl groups excluding tert-OH is 1. The molecule has 0 saturated carbocycles. The third-order valence-electron chi connectivity index (χ3n) is 8.49. The number of hydrogen-bond acceptors (Lipinski definition) is 8. The third-order valence-corrected chi connectivity index (χ3v) is 8.49. The Morgan fingerprint density at radius 1 is 1.05 bits per heavy atom. The highest BCUT2D eigenvalue weighted by Gasteiger charge is 2.77. The predicted molar refractivity (Wildman–Crippen MR) is 135 cm³/mol. The van der Waals surface area contributed by atoms with Crippen molar-refractivity contribution in [1.29, 1.82) is 5.26 Å². The van der Waals surface area contributed by atoms with E-state index in [2.05, 4.69) is 11.2 Å². The summed E-state index contributed by atoms with van der Waals surface area (Å²) in [6, 6.07) is 20.0. The number of aliphatic hydroxyl groups is 1. The van der Waals surface area contributed by atoms with E-state index in [0.29, 0.717) is 33.5 Å². The Bertz CT molecular complexity index is 1690. The average Bonchev–Trinajstić information content (AvgIpc) is 3.61. The molecule has 3 aromatic carbocycles. The van der Waals surface area contributed by atoms with Gasteiger partial charge in [0.1, 0.15) is 5.60 Å². The molecule has 1 N–H and O–H groups in total. The molecule has 3 aliphatic rings. The number of rotatable bonds is 5. The molecule has 0 unspecified atom stereocenters. The smallest absolute Gasteiger partial charge is 0.262 e. The first kappa shape index (κ1) is 22.9. The molecule has 9 nitrogen and oxygen atoms in total. The molecule has 0 radical (unpaired) electrons. The van der Waals surface area contributed by atoms with Crippen LogP contribution in [0.2, 0.25) is 0 Å². The second-order valence-electron chi connectivity index (χ2n) is 10.4. The molecule has 38 heavy (non-hydrogen) atoms. The molecule has 0 aliphatic carbocycles. The van der Waals surface area contributed by atoms with Gasteiger partial charge in [-0.1, -0.05) is 36.4 Å². The number of carbonyl (C=O) groups is 2. The van der Waals surface area contributed by atoms with Crippen molar-refractivity contribution < 1.29 is 28.7 Å². The van der Waals surface area contributed by atoms with Gasteiger partial charge >= 0.3 is 0 Å². The Kier molecular flexibility index (Phi) is 4.74. The highest BCUT2D eigenvalue weighted by atomic mass is 16.6. The fraction of sp³-hybridized carbons (Fsp3) is 0.310. The van der Waals surface area contributed by atoms with Crippen LogP contribution in [0.4, 0.5) is 5.69 Å². The lowest BCUT2D eigenvalue weighted by Crippen LogP contribution is -2.49. The molecular weight excluding hydrogens is 486 g/mol. The zero-order valence-electron chi connectivity index (χ0n) is 20.5. The predicted octanol–water partition coefficient (Wildman–Crippen LogP) is 3.72. The van der Waals surface area contributed by atoms with Gasteiger partial charge in [-0.25, -0.2) is 4.90 Å². The van der Waals surface area contributed by atoms with Gasteiger partial charge in [-0.05, 0) is 36.3 Å². The van der Waals surface area contributed by atoms with E-state index in [-0.39, 0.29) is 25.4 Å². The number of benzene rings is 3. The number of hydrogen-bond donors (Lipinski definition) is 1. The first-order valence-electron chi connectivity index (χ1n) is 12.5. The van der Waals surface area contributed by atoms with Crippen LogP contribution in [0.5, 0.6) is 5.88 Å².